The molecule has 0 radical (unpaired) electrons. The van der Waals surface area contributed by atoms with E-state index >= 15 is 0 Å². The minimum absolute atomic E-state index is 0.0378. The molecule has 2 N–H and O–H groups in total. The largest absolute Gasteiger partial charge is 0.394 e. The van der Waals surface area contributed by atoms with Crippen molar-refractivity contribution in [1.29, 1.82) is 0 Å². The van der Waals surface area contributed by atoms with Crippen molar-refractivity contribution in [3.05, 3.63) is 0 Å². The van der Waals surface area contributed by atoms with Crippen LogP contribution in [0.4, 0.5) is 0 Å². The molecule has 1 aliphatic rings. The number of amides is 1. The van der Waals surface area contributed by atoms with Crippen LogP contribution in [-0.4, -0.2) is 23.7 Å². The predicted molar refractivity (Wildman–Crippen MR) is 69.7 cm³/mol. The summed E-state index contributed by atoms with van der Waals surface area (Å²) in [4.78, 5) is 12.1. The Morgan fingerprint density at radius 3 is 2.18 bits per heavy atom. The normalized spacial score (nSPS) is 20.7. The molecule has 1 unspecified atom stereocenters. The first-order valence-corrected chi connectivity index (χ1v) is 7.06. The van der Waals surface area contributed by atoms with E-state index in [0.29, 0.717) is 0 Å². The van der Waals surface area contributed by atoms with Crippen LogP contribution in [0.2, 0.25) is 0 Å². The van der Waals surface area contributed by atoms with Crippen LogP contribution >= 0.6 is 0 Å². The van der Waals surface area contributed by atoms with Crippen LogP contribution < -0.4 is 5.32 Å². The van der Waals surface area contributed by atoms with Crippen molar-refractivity contribution in [2.24, 2.45) is 11.8 Å². The summed E-state index contributed by atoms with van der Waals surface area (Å²) in [6.07, 6.45) is 8.21. The summed E-state index contributed by atoms with van der Waals surface area (Å²) in [5.41, 5.74) is 0. The Morgan fingerprint density at radius 2 is 1.71 bits per heavy atom. The van der Waals surface area contributed by atoms with Crippen molar-refractivity contribution < 1.29 is 9.90 Å². The first kappa shape index (κ1) is 14.5. The van der Waals surface area contributed by atoms with Crippen LogP contribution in [0, 0.1) is 11.8 Å². The average molecular weight is 241 g/mol. The Labute approximate surface area is 105 Å². The lowest BCUT2D eigenvalue weighted by molar-refractivity contribution is -0.127. The fourth-order valence-electron chi connectivity index (χ4n) is 2.44. The second kappa shape index (κ2) is 7.70. The smallest absolute Gasteiger partial charge is 0.223 e. The zero-order chi connectivity index (χ0) is 12.7. The monoisotopic (exact) mass is 241 g/mol. The molecule has 1 saturated carbocycles. The molecule has 1 aliphatic carbocycles. The number of aliphatic hydroxyl groups is 1. The van der Waals surface area contributed by atoms with E-state index in [1.807, 2.05) is 13.8 Å². The highest BCUT2D eigenvalue weighted by molar-refractivity contribution is 5.78. The van der Waals surface area contributed by atoms with Gasteiger partial charge in [0.25, 0.3) is 0 Å². The lowest BCUT2D eigenvalue weighted by atomic mass is 9.90. The fraction of sp³-hybridized carbons (Fsp3) is 0.929. The minimum Gasteiger partial charge on any atom is -0.394 e. The third-order valence-corrected chi connectivity index (χ3v) is 3.81. The molecular weight excluding hydrogens is 214 g/mol. The van der Waals surface area contributed by atoms with E-state index in [1.54, 1.807) is 0 Å². The number of carbonyl (C=O) groups is 1. The first-order valence-electron chi connectivity index (χ1n) is 7.06. The molecule has 0 heterocycles. The molecule has 0 spiro atoms. The van der Waals surface area contributed by atoms with Gasteiger partial charge in [-0.05, 0) is 18.8 Å². The van der Waals surface area contributed by atoms with Gasteiger partial charge in [-0.25, -0.2) is 0 Å². The fourth-order valence-corrected chi connectivity index (χ4v) is 2.44. The van der Waals surface area contributed by atoms with Crippen LogP contribution in [0.15, 0.2) is 0 Å². The Morgan fingerprint density at radius 1 is 1.18 bits per heavy atom. The molecule has 0 aromatic rings. The van der Waals surface area contributed by atoms with Crippen molar-refractivity contribution in [3.8, 4) is 0 Å². The molecule has 1 fully saturated rings. The molecule has 0 bridgehead atoms. The maximum absolute atomic E-state index is 12.1. The molecule has 1 amide bonds. The van der Waals surface area contributed by atoms with Crippen molar-refractivity contribution in [2.45, 2.75) is 64.8 Å². The second-order valence-corrected chi connectivity index (χ2v) is 5.58. The number of hydrogen-bond donors (Lipinski definition) is 2. The van der Waals surface area contributed by atoms with Crippen LogP contribution in [0.3, 0.4) is 0 Å². The Balaban J connectivity index is 2.43. The molecule has 0 saturated heterocycles. The van der Waals surface area contributed by atoms with E-state index in [1.165, 1.54) is 32.1 Å². The first-order chi connectivity index (χ1) is 8.15. The van der Waals surface area contributed by atoms with Crippen LogP contribution in [-0.2, 0) is 4.79 Å². The summed E-state index contributed by atoms with van der Waals surface area (Å²) in [6, 6.07) is -0.0899. The van der Waals surface area contributed by atoms with Gasteiger partial charge >= 0.3 is 0 Å². The Hall–Kier alpha value is -0.570. The molecule has 0 aliphatic heterocycles. The SMILES string of the molecule is CC(C)C(CO)NC(=O)C1CCCCCCC1. The van der Waals surface area contributed by atoms with Gasteiger partial charge in [0.2, 0.25) is 5.91 Å². The van der Waals surface area contributed by atoms with Gasteiger partial charge in [-0.1, -0.05) is 46.0 Å². The summed E-state index contributed by atoms with van der Waals surface area (Å²) in [5, 5.41) is 12.2. The summed E-state index contributed by atoms with van der Waals surface area (Å²) < 4.78 is 0. The standard InChI is InChI=1S/C14H27NO2/c1-11(2)13(10-16)15-14(17)12-8-6-4-3-5-7-9-12/h11-13,16H,3-10H2,1-2H3,(H,15,17). The van der Waals surface area contributed by atoms with Crippen molar-refractivity contribution in [1.82, 2.24) is 5.32 Å². The molecule has 1 rings (SSSR count). The van der Waals surface area contributed by atoms with Crippen LogP contribution in [0.25, 0.3) is 0 Å². The highest BCUT2D eigenvalue weighted by Gasteiger charge is 2.22. The van der Waals surface area contributed by atoms with E-state index < -0.39 is 0 Å². The van der Waals surface area contributed by atoms with E-state index in [4.69, 9.17) is 0 Å². The number of aliphatic hydroxyl groups excluding tert-OH is 1. The second-order valence-electron chi connectivity index (χ2n) is 5.58. The summed E-state index contributed by atoms with van der Waals surface area (Å²) in [7, 11) is 0. The van der Waals surface area contributed by atoms with Crippen LogP contribution in [0.5, 0.6) is 0 Å². The zero-order valence-electron chi connectivity index (χ0n) is 11.2. The Bertz CT molecular complexity index is 220. The lowest BCUT2D eigenvalue weighted by Crippen LogP contribution is -2.44. The number of hydrogen-bond acceptors (Lipinski definition) is 2. The third-order valence-electron chi connectivity index (χ3n) is 3.81. The molecule has 100 valence electrons. The zero-order valence-corrected chi connectivity index (χ0v) is 11.2. The third kappa shape index (κ3) is 5.07. The predicted octanol–water partition coefficient (Wildman–Crippen LogP) is 2.48. The van der Waals surface area contributed by atoms with Gasteiger partial charge in [0, 0.05) is 5.92 Å². The molecule has 3 heteroatoms. The highest BCUT2D eigenvalue weighted by atomic mass is 16.3. The van der Waals surface area contributed by atoms with Crippen molar-refractivity contribution in [2.75, 3.05) is 6.61 Å². The van der Waals surface area contributed by atoms with Gasteiger partial charge in [0.05, 0.1) is 12.6 Å². The summed E-state index contributed by atoms with van der Waals surface area (Å²) in [6.45, 7) is 4.09. The van der Waals surface area contributed by atoms with E-state index in [0.717, 1.165) is 12.8 Å². The van der Waals surface area contributed by atoms with Gasteiger partial charge in [0.1, 0.15) is 0 Å². The van der Waals surface area contributed by atoms with E-state index in [9.17, 15) is 9.90 Å². The van der Waals surface area contributed by atoms with Gasteiger partial charge < -0.3 is 10.4 Å². The Kier molecular flexibility index (Phi) is 6.56. The van der Waals surface area contributed by atoms with E-state index in [2.05, 4.69) is 5.32 Å². The van der Waals surface area contributed by atoms with Gasteiger partial charge in [-0.15, -0.1) is 0 Å². The van der Waals surface area contributed by atoms with Gasteiger partial charge in [-0.3, -0.25) is 4.79 Å². The van der Waals surface area contributed by atoms with Crippen molar-refractivity contribution >= 4 is 5.91 Å². The molecule has 17 heavy (non-hydrogen) atoms. The molecule has 0 aromatic heterocycles. The summed E-state index contributed by atoms with van der Waals surface area (Å²) in [5.74, 6) is 0.611. The molecule has 0 aromatic carbocycles. The molecule has 1 atom stereocenters. The van der Waals surface area contributed by atoms with Crippen LogP contribution in [0.1, 0.15) is 58.8 Å². The quantitative estimate of drug-likeness (QED) is 0.794. The maximum atomic E-state index is 12.1. The van der Waals surface area contributed by atoms with Gasteiger partial charge in [-0.2, -0.15) is 0 Å². The molecule has 3 nitrogen and oxygen atoms in total. The van der Waals surface area contributed by atoms with E-state index in [-0.39, 0.29) is 30.4 Å². The number of rotatable bonds is 4. The maximum Gasteiger partial charge on any atom is 0.223 e. The van der Waals surface area contributed by atoms with Crippen molar-refractivity contribution in [3.63, 3.8) is 0 Å². The average Bonchev–Trinajstić information content (AvgIpc) is 2.24. The van der Waals surface area contributed by atoms with Gasteiger partial charge in [0.15, 0.2) is 0 Å². The summed E-state index contributed by atoms with van der Waals surface area (Å²) >= 11 is 0. The number of nitrogens with one attached hydrogen (secondary N) is 1. The lowest BCUT2D eigenvalue weighted by Gasteiger charge is -2.24. The minimum atomic E-state index is -0.0899. The topological polar surface area (TPSA) is 49.3 Å². The number of carbonyl (C=O) groups excluding carboxylic acids is 1. The highest BCUT2D eigenvalue weighted by Crippen LogP contribution is 2.22. The molecular formula is C14H27NO2.